The summed E-state index contributed by atoms with van der Waals surface area (Å²) in [6.45, 7) is 4.24. The molecule has 3 aromatic rings. The van der Waals surface area contributed by atoms with Crippen molar-refractivity contribution in [1.82, 2.24) is 20.6 Å². The second-order valence-corrected chi connectivity index (χ2v) is 7.71. The van der Waals surface area contributed by atoms with Crippen LogP contribution in [-0.4, -0.2) is 21.8 Å². The fourth-order valence-corrected chi connectivity index (χ4v) is 3.77. The highest BCUT2D eigenvalue weighted by Gasteiger charge is 2.30. The Kier molecular flexibility index (Phi) is 4.86. The smallest absolute Gasteiger partial charge is 0.252 e. The molecule has 6 heteroatoms. The molecule has 2 aromatic carbocycles. The average Bonchev–Trinajstić information content (AvgIpc) is 3.23. The molecule has 0 unspecified atom stereocenters. The number of aromatic nitrogens is 2. The second-order valence-electron chi connectivity index (χ2n) is 7.71. The van der Waals surface area contributed by atoms with Crippen molar-refractivity contribution in [2.75, 3.05) is 0 Å². The van der Waals surface area contributed by atoms with Gasteiger partial charge in [0.15, 0.2) is 0 Å². The number of amides is 2. The van der Waals surface area contributed by atoms with Crippen molar-refractivity contribution in [3.63, 3.8) is 0 Å². The summed E-state index contributed by atoms with van der Waals surface area (Å²) in [5.74, 6) is 0.932. The van der Waals surface area contributed by atoms with Gasteiger partial charge in [-0.05, 0) is 36.1 Å². The lowest BCUT2D eigenvalue weighted by Gasteiger charge is -2.20. The SMILES string of the molecule is CC(C)C[C@@H](NC(=O)C[C@H]1NC(=O)c2ccccc21)c1nc2ccccc2[nH]1. The molecule has 4 rings (SSSR count). The van der Waals surface area contributed by atoms with Crippen molar-refractivity contribution < 1.29 is 9.59 Å². The quantitative estimate of drug-likeness (QED) is 0.614. The molecule has 6 nitrogen and oxygen atoms in total. The van der Waals surface area contributed by atoms with Crippen LogP contribution in [0.1, 0.15) is 60.5 Å². The Morgan fingerprint density at radius 1 is 1.14 bits per heavy atom. The highest BCUT2D eigenvalue weighted by Crippen LogP contribution is 2.28. The molecule has 28 heavy (non-hydrogen) atoms. The van der Waals surface area contributed by atoms with Crippen LogP contribution in [0, 0.1) is 5.92 Å². The minimum atomic E-state index is -0.293. The zero-order valence-corrected chi connectivity index (χ0v) is 16.0. The van der Waals surface area contributed by atoms with Crippen molar-refractivity contribution in [2.24, 2.45) is 5.92 Å². The third-order valence-electron chi connectivity index (χ3n) is 5.06. The minimum Gasteiger partial charge on any atom is -0.346 e. The van der Waals surface area contributed by atoms with E-state index in [4.69, 9.17) is 0 Å². The second kappa shape index (κ2) is 7.46. The van der Waals surface area contributed by atoms with Crippen LogP contribution >= 0.6 is 0 Å². The predicted molar refractivity (Wildman–Crippen MR) is 108 cm³/mol. The number of carbonyl (C=O) groups excluding carboxylic acids is 2. The topological polar surface area (TPSA) is 86.9 Å². The fraction of sp³-hybridized carbons (Fsp3) is 0.318. The molecule has 0 bridgehead atoms. The predicted octanol–water partition coefficient (Wildman–Crippen LogP) is 3.64. The van der Waals surface area contributed by atoms with Crippen LogP contribution < -0.4 is 10.6 Å². The molecule has 1 aliphatic heterocycles. The van der Waals surface area contributed by atoms with Gasteiger partial charge in [-0.3, -0.25) is 9.59 Å². The molecule has 3 N–H and O–H groups in total. The largest absolute Gasteiger partial charge is 0.346 e. The van der Waals surface area contributed by atoms with Crippen LogP contribution in [0.3, 0.4) is 0 Å². The van der Waals surface area contributed by atoms with Crippen LogP contribution in [0.15, 0.2) is 48.5 Å². The Morgan fingerprint density at radius 3 is 2.68 bits per heavy atom. The first-order chi connectivity index (χ1) is 13.5. The summed E-state index contributed by atoms with van der Waals surface area (Å²) in [6.07, 6.45) is 0.983. The van der Waals surface area contributed by atoms with Gasteiger partial charge in [0, 0.05) is 5.56 Å². The van der Waals surface area contributed by atoms with Crippen molar-refractivity contribution in [3.05, 3.63) is 65.5 Å². The van der Waals surface area contributed by atoms with Gasteiger partial charge in [0.1, 0.15) is 5.82 Å². The number of fused-ring (bicyclic) bond motifs is 2. The highest BCUT2D eigenvalue weighted by molar-refractivity contribution is 5.99. The van der Waals surface area contributed by atoms with Crippen LogP contribution in [0.2, 0.25) is 0 Å². The number of hydrogen-bond acceptors (Lipinski definition) is 3. The van der Waals surface area contributed by atoms with Crippen molar-refractivity contribution in [2.45, 2.75) is 38.8 Å². The van der Waals surface area contributed by atoms with E-state index in [-0.39, 0.29) is 30.3 Å². The van der Waals surface area contributed by atoms with Crippen molar-refractivity contribution in [1.29, 1.82) is 0 Å². The first-order valence-corrected chi connectivity index (χ1v) is 9.65. The Bertz CT molecular complexity index is 991. The number of aromatic amines is 1. The molecule has 2 heterocycles. The van der Waals surface area contributed by atoms with Gasteiger partial charge in [0.2, 0.25) is 5.91 Å². The van der Waals surface area contributed by atoms with Gasteiger partial charge in [-0.1, -0.05) is 44.2 Å². The molecule has 0 saturated heterocycles. The molecule has 0 spiro atoms. The van der Waals surface area contributed by atoms with Crippen molar-refractivity contribution in [3.8, 4) is 0 Å². The number of hydrogen-bond donors (Lipinski definition) is 3. The van der Waals surface area contributed by atoms with E-state index in [0.717, 1.165) is 28.8 Å². The van der Waals surface area contributed by atoms with E-state index in [2.05, 4.69) is 34.4 Å². The van der Waals surface area contributed by atoms with E-state index in [1.165, 1.54) is 0 Å². The maximum atomic E-state index is 12.8. The number of imidazole rings is 1. The average molecular weight is 376 g/mol. The molecule has 2 atom stereocenters. The van der Waals surface area contributed by atoms with Crippen LogP contribution in [-0.2, 0) is 4.79 Å². The van der Waals surface area contributed by atoms with E-state index < -0.39 is 0 Å². The number of nitrogens with one attached hydrogen (secondary N) is 3. The summed E-state index contributed by atoms with van der Waals surface area (Å²) < 4.78 is 0. The number of carbonyl (C=O) groups is 2. The van der Waals surface area contributed by atoms with Crippen molar-refractivity contribution >= 4 is 22.8 Å². The van der Waals surface area contributed by atoms with Gasteiger partial charge in [0.25, 0.3) is 5.91 Å². The van der Waals surface area contributed by atoms with Crippen LogP contribution in [0.5, 0.6) is 0 Å². The molecular formula is C22H24N4O2. The van der Waals surface area contributed by atoms with Gasteiger partial charge in [-0.15, -0.1) is 0 Å². The molecular weight excluding hydrogens is 352 g/mol. The summed E-state index contributed by atoms with van der Waals surface area (Å²) in [4.78, 5) is 32.9. The summed E-state index contributed by atoms with van der Waals surface area (Å²) in [7, 11) is 0. The van der Waals surface area contributed by atoms with Gasteiger partial charge in [-0.25, -0.2) is 4.98 Å². The lowest BCUT2D eigenvalue weighted by Crippen LogP contribution is -2.33. The zero-order chi connectivity index (χ0) is 19.7. The first kappa shape index (κ1) is 18.2. The van der Waals surface area contributed by atoms with Crippen LogP contribution in [0.25, 0.3) is 11.0 Å². The van der Waals surface area contributed by atoms with E-state index in [1.807, 2.05) is 42.5 Å². The first-order valence-electron chi connectivity index (χ1n) is 9.65. The molecule has 0 aliphatic carbocycles. The molecule has 0 radical (unpaired) electrons. The van der Waals surface area contributed by atoms with Gasteiger partial charge < -0.3 is 15.6 Å². The monoisotopic (exact) mass is 376 g/mol. The summed E-state index contributed by atoms with van der Waals surface area (Å²) >= 11 is 0. The number of rotatable bonds is 6. The summed E-state index contributed by atoms with van der Waals surface area (Å²) in [6, 6.07) is 14.8. The molecule has 1 aliphatic rings. The molecule has 0 fully saturated rings. The molecule has 144 valence electrons. The Labute approximate surface area is 163 Å². The Balaban J connectivity index is 1.51. The van der Waals surface area contributed by atoms with E-state index in [9.17, 15) is 9.59 Å². The maximum absolute atomic E-state index is 12.8. The number of H-pyrrole nitrogens is 1. The van der Waals surface area contributed by atoms with Gasteiger partial charge in [0.05, 0.1) is 29.5 Å². The maximum Gasteiger partial charge on any atom is 0.252 e. The van der Waals surface area contributed by atoms with Crippen LogP contribution in [0.4, 0.5) is 0 Å². The third-order valence-corrected chi connectivity index (χ3v) is 5.06. The standard InChI is InChI=1S/C22H24N4O2/c1-13(2)11-19(21-24-16-9-5-6-10-17(16)25-21)23-20(27)12-18-14-7-3-4-8-15(14)22(28)26-18/h3-10,13,18-19H,11-12H2,1-2H3,(H,23,27)(H,24,25)(H,26,28)/t18-,19-/m1/s1. The lowest BCUT2D eigenvalue weighted by molar-refractivity contribution is -0.122. The van der Waals surface area contributed by atoms with E-state index in [0.29, 0.717) is 11.5 Å². The minimum absolute atomic E-state index is 0.104. The molecule has 2 amide bonds. The van der Waals surface area contributed by atoms with E-state index in [1.54, 1.807) is 6.07 Å². The van der Waals surface area contributed by atoms with Gasteiger partial charge in [-0.2, -0.15) is 0 Å². The summed E-state index contributed by atoms with van der Waals surface area (Å²) in [5, 5.41) is 6.02. The third kappa shape index (κ3) is 3.63. The lowest BCUT2D eigenvalue weighted by atomic mass is 10.0. The zero-order valence-electron chi connectivity index (χ0n) is 16.0. The van der Waals surface area contributed by atoms with Gasteiger partial charge >= 0.3 is 0 Å². The van der Waals surface area contributed by atoms with E-state index >= 15 is 0 Å². The normalized spacial score (nSPS) is 16.8. The fourth-order valence-electron chi connectivity index (χ4n) is 3.77. The number of benzene rings is 2. The highest BCUT2D eigenvalue weighted by atomic mass is 16.2. The number of para-hydroxylation sites is 2. The Morgan fingerprint density at radius 2 is 1.89 bits per heavy atom. The molecule has 0 saturated carbocycles. The Hall–Kier alpha value is -3.15. The summed E-state index contributed by atoms with van der Waals surface area (Å²) in [5.41, 5.74) is 3.37. The number of nitrogens with zero attached hydrogens (tertiary/aromatic N) is 1. The molecule has 1 aromatic heterocycles.